The number of carbonyl (C=O) groups excluding carboxylic acids is 1. The van der Waals surface area contributed by atoms with Gasteiger partial charge in [-0.3, -0.25) is 4.79 Å². The number of benzene rings is 1. The minimum absolute atomic E-state index is 0.00220. The van der Waals surface area contributed by atoms with Crippen LogP contribution in [0.1, 0.15) is 35.3 Å². The van der Waals surface area contributed by atoms with Crippen molar-refractivity contribution in [3.05, 3.63) is 51.9 Å². The van der Waals surface area contributed by atoms with E-state index in [0.717, 1.165) is 12.1 Å². The highest BCUT2D eigenvalue weighted by molar-refractivity contribution is 6.28. The lowest BCUT2D eigenvalue weighted by molar-refractivity contribution is -0.145. The Kier molecular flexibility index (Phi) is 6.05. The van der Waals surface area contributed by atoms with Gasteiger partial charge < -0.3 is 20.3 Å². The molecule has 2 aliphatic rings. The number of alkyl halides is 3. The van der Waals surface area contributed by atoms with Crippen molar-refractivity contribution in [2.75, 3.05) is 25.0 Å². The van der Waals surface area contributed by atoms with Gasteiger partial charge in [-0.2, -0.15) is 13.2 Å². The third kappa shape index (κ3) is 4.76. The van der Waals surface area contributed by atoms with Crippen molar-refractivity contribution in [1.29, 1.82) is 0 Å². The van der Waals surface area contributed by atoms with Gasteiger partial charge in [0.05, 0.1) is 31.0 Å². The van der Waals surface area contributed by atoms with Crippen molar-refractivity contribution in [2.24, 2.45) is 0 Å². The monoisotopic (exact) mass is 455 g/mol. The molecule has 0 saturated carbocycles. The number of aromatic nitrogens is 2. The number of halogens is 4. The number of ether oxygens (including phenoxy) is 1. The van der Waals surface area contributed by atoms with E-state index in [1.165, 1.54) is 6.07 Å². The molecule has 7 nitrogen and oxygen atoms in total. The number of nitrogens with zero attached hydrogens (tertiary/aromatic N) is 3. The largest absolute Gasteiger partial charge is 0.416 e. The van der Waals surface area contributed by atoms with Crippen molar-refractivity contribution in [1.82, 2.24) is 20.2 Å². The standard InChI is InChI=1S/C20H21ClF3N5O2/c1-11(12-3-2-4-13(7-12)20(22,23)24)26-17-14-9-29(10-15(14)27-19(21)28-17)18(30)16-8-25-5-6-31-16/h2-4,7,11,16,25H,5-6,8-10H2,1H3,(H,26,27,28)/t11-,16+/m1/s1. The first-order valence-electron chi connectivity index (χ1n) is 9.82. The summed E-state index contributed by atoms with van der Waals surface area (Å²) in [5, 5.41) is 6.26. The lowest BCUT2D eigenvalue weighted by atomic mass is 10.0. The third-order valence-corrected chi connectivity index (χ3v) is 5.51. The molecule has 1 aromatic carbocycles. The van der Waals surface area contributed by atoms with Gasteiger partial charge in [0.15, 0.2) is 0 Å². The molecule has 1 aromatic heterocycles. The maximum Gasteiger partial charge on any atom is 0.416 e. The van der Waals surface area contributed by atoms with E-state index in [1.807, 2.05) is 0 Å². The molecular formula is C20H21ClF3N5O2. The third-order valence-electron chi connectivity index (χ3n) is 5.34. The quantitative estimate of drug-likeness (QED) is 0.689. The Balaban J connectivity index is 1.53. The molecule has 1 fully saturated rings. The summed E-state index contributed by atoms with van der Waals surface area (Å²) in [6.07, 6.45) is -4.99. The highest BCUT2D eigenvalue weighted by Gasteiger charge is 2.34. The predicted molar refractivity (Wildman–Crippen MR) is 107 cm³/mol. The fraction of sp³-hybridized carbons (Fsp3) is 0.450. The molecule has 1 amide bonds. The highest BCUT2D eigenvalue weighted by atomic mass is 35.5. The van der Waals surface area contributed by atoms with Gasteiger partial charge in [-0.15, -0.1) is 0 Å². The van der Waals surface area contributed by atoms with E-state index < -0.39 is 23.9 Å². The first-order valence-corrected chi connectivity index (χ1v) is 10.2. The van der Waals surface area contributed by atoms with Crippen molar-refractivity contribution >= 4 is 23.3 Å². The molecule has 11 heteroatoms. The Bertz CT molecular complexity index is 982. The number of fused-ring (bicyclic) bond motifs is 1. The fourth-order valence-electron chi connectivity index (χ4n) is 3.70. The van der Waals surface area contributed by atoms with Crippen LogP contribution < -0.4 is 10.6 Å². The average molecular weight is 456 g/mol. The van der Waals surface area contributed by atoms with Crippen molar-refractivity contribution in [2.45, 2.75) is 38.3 Å². The zero-order chi connectivity index (χ0) is 22.2. The van der Waals surface area contributed by atoms with Gasteiger partial charge in [0.2, 0.25) is 5.28 Å². The lowest BCUT2D eigenvalue weighted by Crippen LogP contribution is -2.48. The molecule has 2 atom stereocenters. The van der Waals surface area contributed by atoms with Gasteiger partial charge in [0.1, 0.15) is 11.9 Å². The van der Waals surface area contributed by atoms with Gasteiger partial charge in [0, 0.05) is 24.7 Å². The number of amides is 1. The molecule has 0 radical (unpaired) electrons. The number of anilines is 1. The van der Waals surface area contributed by atoms with Crippen molar-refractivity contribution < 1.29 is 22.7 Å². The minimum Gasteiger partial charge on any atom is -0.366 e. The SMILES string of the molecule is C[C@@H](Nc1nc(Cl)nc2c1CN(C(=O)[C@@H]1CNCCO1)C2)c1cccc(C(F)(F)F)c1. The van der Waals surface area contributed by atoms with E-state index >= 15 is 0 Å². The average Bonchev–Trinajstić information content (AvgIpc) is 3.17. The minimum atomic E-state index is -4.42. The molecule has 31 heavy (non-hydrogen) atoms. The summed E-state index contributed by atoms with van der Waals surface area (Å²) in [4.78, 5) is 22.9. The molecular weight excluding hydrogens is 435 g/mol. The van der Waals surface area contributed by atoms with Crippen LogP contribution in [-0.2, 0) is 28.8 Å². The van der Waals surface area contributed by atoms with E-state index in [-0.39, 0.29) is 24.3 Å². The van der Waals surface area contributed by atoms with Gasteiger partial charge in [-0.1, -0.05) is 12.1 Å². The Morgan fingerprint density at radius 3 is 2.87 bits per heavy atom. The Morgan fingerprint density at radius 2 is 2.16 bits per heavy atom. The number of morpholine rings is 1. The molecule has 0 aliphatic carbocycles. The second-order valence-corrected chi connectivity index (χ2v) is 7.85. The molecule has 2 aromatic rings. The van der Waals surface area contributed by atoms with E-state index in [1.54, 1.807) is 17.9 Å². The van der Waals surface area contributed by atoms with E-state index in [2.05, 4.69) is 20.6 Å². The van der Waals surface area contributed by atoms with E-state index in [4.69, 9.17) is 16.3 Å². The van der Waals surface area contributed by atoms with Crippen LogP contribution in [0.5, 0.6) is 0 Å². The fourth-order valence-corrected chi connectivity index (χ4v) is 3.89. The van der Waals surface area contributed by atoms with Crippen LogP contribution >= 0.6 is 11.6 Å². The molecule has 0 spiro atoms. The number of rotatable bonds is 4. The van der Waals surface area contributed by atoms with Crippen LogP contribution in [0, 0.1) is 0 Å². The summed E-state index contributed by atoms with van der Waals surface area (Å²) in [7, 11) is 0. The van der Waals surface area contributed by atoms with Crippen LogP contribution in [0.25, 0.3) is 0 Å². The summed E-state index contributed by atoms with van der Waals surface area (Å²) in [6, 6.07) is 4.63. The van der Waals surface area contributed by atoms with Crippen LogP contribution in [0.4, 0.5) is 19.0 Å². The zero-order valence-corrected chi connectivity index (χ0v) is 17.4. The van der Waals surface area contributed by atoms with Gasteiger partial charge in [0.25, 0.3) is 5.91 Å². The molecule has 1 saturated heterocycles. The highest BCUT2D eigenvalue weighted by Crippen LogP contribution is 2.33. The maximum atomic E-state index is 13.1. The lowest BCUT2D eigenvalue weighted by Gasteiger charge is -2.26. The van der Waals surface area contributed by atoms with Crippen LogP contribution in [0.3, 0.4) is 0 Å². The van der Waals surface area contributed by atoms with Crippen molar-refractivity contribution in [3.63, 3.8) is 0 Å². The Hall–Kier alpha value is -2.43. The molecule has 3 heterocycles. The van der Waals surface area contributed by atoms with Crippen LogP contribution in [0.15, 0.2) is 24.3 Å². The smallest absolute Gasteiger partial charge is 0.366 e. The summed E-state index contributed by atoms with van der Waals surface area (Å²) in [6.45, 7) is 3.87. The number of nitrogens with one attached hydrogen (secondary N) is 2. The van der Waals surface area contributed by atoms with E-state index in [9.17, 15) is 18.0 Å². The van der Waals surface area contributed by atoms with Gasteiger partial charge >= 0.3 is 6.18 Å². The number of hydrogen-bond donors (Lipinski definition) is 2. The number of hydrogen-bond acceptors (Lipinski definition) is 6. The number of carbonyl (C=O) groups is 1. The Labute approximate surface area is 182 Å². The van der Waals surface area contributed by atoms with E-state index in [0.29, 0.717) is 42.3 Å². The summed E-state index contributed by atoms with van der Waals surface area (Å²) >= 11 is 6.07. The first kappa shape index (κ1) is 21.8. The maximum absolute atomic E-state index is 13.1. The van der Waals surface area contributed by atoms with Crippen LogP contribution in [-0.4, -0.2) is 46.6 Å². The first-order chi connectivity index (χ1) is 14.7. The molecule has 0 unspecified atom stereocenters. The molecule has 0 bridgehead atoms. The van der Waals surface area contributed by atoms with Gasteiger partial charge in [-0.05, 0) is 36.2 Å². The molecule has 2 N–H and O–H groups in total. The summed E-state index contributed by atoms with van der Waals surface area (Å²) in [5.74, 6) is 0.246. The topological polar surface area (TPSA) is 79.4 Å². The summed E-state index contributed by atoms with van der Waals surface area (Å²) < 4.78 is 44.7. The summed E-state index contributed by atoms with van der Waals surface area (Å²) in [5.41, 5.74) is 1.03. The van der Waals surface area contributed by atoms with Gasteiger partial charge in [-0.25, -0.2) is 9.97 Å². The molecule has 4 rings (SSSR count). The Morgan fingerprint density at radius 1 is 1.35 bits per heavy atom. The zero-order valence-electron chi connectivity index (χ0n) is 16.7. The predicted octanol–water partition coefficient (Wildman–Crippen LogP) is 3.15. The molecule has 2 aliphatic heterocycles. The molecule has 166 valence electrons. The van der Waals surface area contributed by atoms with Crippen molar-refractivity contribution in [3.8, 4) is 0 Å². The second-order valence-electron chi connectivity index (χ2n) is 7.51. The van der Waals surface area contributed by atoms with Crippen LogP contribution in [0.2, 0.25) is 5.28 Å². The normalized spacial score (nSPS) is 19.8. The second kappa shape index (κ2) is 8.60.